The minimum Gasteiger partial charge on any atom is -0.611 e. The maximum absolute atomic E-state index is 12.9. The average Bonchev–Trinajstić information content (AvgIpc) is 3.22. The maximum atomic E-state index is 12.9. The normalized spacial score (nSPS) is 19.4. The first kappa shape index (κ1) is 22.6. The number of hydrogen-bond acceptors (Lipinski definition) is 5. The molecule has 3 rings (SSSR count). The second-order valence-corrected chi connectivity index (χ2v) is 9.26. The van der Waals surface area contributed by atoms with Crippen molar-refractivity contribution in [3.8, 4) is 0 Å². The van der Waals surface area contributed by atoms with Gasteiger partial charge in [0.1, 0.15) is 11.0 Å². The van der Waals surface area contributed by atoms with Gasteiger partial charge in [0.25, 0.3) is 5.91 Å². The molecule has 30 heavy (non-hydrogen) atoms. The molecule has 162 valence electrons. The molecule has 0 saturated carbocycles. The minimum absolute atomic E-state index is 0.112. The van der Waals surface area contributed by atoms with Crippen molar-refractivity contribution in [2.45, 2.75) is 56.2 Å². The molecule has 0 fully saturated rings. The molecule has 7 heteroatoms. The smallest absolute Gasteiger partial charge is 0.286 e. The van der Waals surface area contributed by atoms with Crippen LogP contribution in [0.15, 0.2) is 57.9 Å². The van der Waals surface area contributed by atoms with Gasteiger partial charge in [-0.25, -0.2) is 0 Å². The summed E-state index contributed by atoms with van der Waals surface area (Å²) in [5.74, 6) is 0.937. The lowest BCUT2D eigenvalue weighted by Crippen LogP contribution is -2.27. The number of amides is 1. The van der Waals surface area contributed by atoms with Gasteiger partial charge in [-0.3, -0.25) is 9.79 Å². The fourth-order valence-corrected chi connectivity index (χ4v) is 4.89. The van der Waals surface area contributed by atoms with E-state index in [0.717, 1.165) is 55.0 Å². The summed E-state index contributed by atoms with van der Waals surface area (Å²) in [4.78, 5) is 17.3. The fourth-order valence-electron chi connectivity index (χ4n) is 3.46. The van der Waals surface area contributed by atoms with Crippen LogP contribution in [0.2, 0.25) is 0 Å². The van der Waals surface area contributed by atoms with Crippen LogP contribution in [0.25, 0.3) is 0 Å². The summed E-state index contributed by atoms with van der Waals surface area (Å²) < 4.78 is 18.5. The van der Waals surface area contributed by atoms with Crippen LogP contribution in [0, 0.1) is 5.92 Å². The average molecular weight is 430 g/mol. The van der Waals surface area contributed by atoms with Gasteiger partial charge >= 0.3 is 0 Å². The van der Waals surface area contributed by atoms with Crippen LogP contribution >= 0.6 is 0 Å². The second kappa shape index (κ2) is 11.3. The summed E-state index contributed by atoms with van der Waals surface area (Å²) in [6.07, 6.45) is 8.98. The van der Waals surface area contributed by atoms with Gasteiger partial charge in [0.2, 0.25) is 0 Å². The standard InChI is InChI=1S/C23H31N3O3S/c1-3-11-24-13-10-19(4-2)30(28)20-7-5-17(6-8-20)15-26-23(27)21-14-18-9-12-25-16-22(18)29-21/h5-8,12,14,16,18-19,24H,3-4,9-11,13,15H2,1-2H3,(H,26,27). The predicted octanol–water partition coefficient (Wildman–Crippen LogP) is 3.42. The largest absolute Gasteiger partial charge is 0.611 e. The van der Waals surface area contributed by atoms with Gasteiger partial charge in [0.15, 0.2) is 10.7 Å². The number of benzene rings is 1. The monoisotopic (exact) mass is 429 g/mol. The Morgan fingerprint density at radius 3 is 2.80 bits per heavy atom. The molecule has 1 aromatic rings. The third-order valence-electron chi connectivity index (χ3n) is 5.27. The number of fused-ring (bicyclic) bond motifs is 1. The number of nitrogens with zero attached hydrogens (tertiary/aromatic N) is 1. The molecule has 2 heterocycles. The molecule has 1 aromatic carbocycles. The number of allylic oxidation sites excluding steroid dienone is 1. The van der Waals surface area contributed by atoms with E-state index < -0.39 is 11.2 Å². The first-order chi connectivity index (χ1) is 14.6. The van der Waals surface area contributed by atoms with Gasteiger partial charge in [0, 0.05) is 25.1 Å². The molecule has 0 spiro atoms. The number of hydrogen-bond donors (Lipinski definition) is 2. The molecule has 3 unspecified atom stereocenters. The van der Waals surface area contributed by atoms with Gasteiger partial charge in [-0.15, -0.1) is 0 Å². The first-order valence-corrected chi connectivity index (χ1v) is 11.9. The van der Waals surface area contributed by atoms with E-state index in [9.17, 15) is 9.35 Å². The van der Waals surface area contributed by atoms with Crippen LogP contribution in [0.5, 0.6) is 0 Å². The zero-order valence-electron chi connectivity index (χ0n) is 17.7. The number of aliphatic imine (C=N–C) groups is 1. The molecule has 0 saturated heterocycles. The minimum atomic E-state index is -1.03. The van der Waals surface area contributed by atoms with Crippen molar-refractivity contribution in [1.29, 1.82) is 0 Å². The summed E-state index contributed by atoms with van der Waals surface area (Å²) in [6, 6.07) is 7.66. The molecule has 2 aliphatic rings. The number of carbonyl (C=O) groups is 1. The van der Waals surface area contributed by atoms with Gasteiger partial charge in [-0.2, -0.15) is 0 Å². The van der Waals surface area contributed by atoms with Gasteiger partial charge in [-0.1, -0.05) is 26.0 Å². The zero-order chi connectivity index (χ0) is 21.3. The van der Waals surface area contributed by atoms with Gasteiger partial charge in [0.05, 0.1) is 6.20 Å². The highest BCUT2D eigenvalue weighted by molar-refractivity contribution is 7.92. The summed E-state index contributed by atoms with van der Waals surface area (Å²) in [7, 11) is 0. The van der Waals surface area contributed by atoms with Crippen LogP contribution in [0.1, 0.15) is 45.1 Å². The van der Waals surface area contributed by atoms with E-state index in [-0.39, 0.29) is 17.1 Å². The SMILES string of the molecule is CCCNCCC(CC)[S+]([O-])c1ccc(CNC(=O)C2=CC3CC=NC=C3O2)cc1. The number of carbonyl (C=O) groups excluding carboxylic acids is 1. The highest BCUT2D eigenvalue weighted by atomic mass is 32.2. The summed E-state index contributed by atoms with van der Waals surface area (Å²) in [5.41, 5.74) is 0.959. The Bertz CT molecular complexity index is 804. The summed E-state index contributed by atoms with van der Waals surface area (Å²) >= 11 is -1.03. The molecule has 0 aromatic heterocycles. The highest BCUT2D eigenvalue weighted by Gasteiger charge is 2.28. The van der Waals surface area contributed by atoms with E-state index in [1.165, 1.54) is 0 Å². The molecular weight excluding hydrogens is 398 g/mol. The van der Waals surface area contributed by atoms with Crippen molar-refractivity contribution in [3.63, 3.8) is 0 Å². The third-order valence-corrected chi connectivity index (χ3v) is 7.18. The van der Waals surface area contributed by atoms with Crippen LogP contribution in [-0.4, -0.2) is 35.0 Å². The lowest BCUT2D eigenvalue weighted by Gasteiger charge is -2.20. The molecule has 3 atom stereocenters. The van der Waals surface area contributed by atoms with Crippen LogP contribution in [-0.2, 0) is 27.3 Å². The lowest BCUT2D eigenvalue weighted by atomic mass is 10.0. The Morgan fingerprint density at radius 1 is 1.30 bits per heavy atom. The van der Waals surface area contributed by atoms with Crippen molar-refractivity contribution in [1.82, 2.24) is 10.6 Å². The molecule has 1 amide bonds. The van der Waals surface area contributed by atoms with Crippen LogP contribution in [0.3, 0.4) is 0 Å². The second-order valence-electron chi connectivity index (χ2n) is 7.53. The van der Waals surface area contributed by atoms with E-state index in [4.69, 9.17) is 4.74 Å². The molecule has 2 N–H and O–H groups in total. The number of ether oxygens (including phenoxy) is 1. The fraction of sp³-hybridized carbons (Fsp3) is 0.478. The maximum Gasteiger partial charge on any atom is 0.286 e. The summed E-state index contributed by atoms with van der Waals surface area (Å²) in [6.45, 7) is 6.51. The van der Waals surface area contributed by atoms with E-state index >= 15 is 0 Å². The van der Waals surface area contributed by atoms with E-state index in [1.807, 2.05) is 36.6 Å². The van der Waals surface area contributed by atoms with Gasteiger partial charge in [-0.05, 0) is 67.3 Å². The van der Waals surface area contributed by atoms with Crippen LogP contribution < -0.4 is 10.6 Å². The Balaban J connectivity index is 1.48. The molecule has 2 aliphatic heterocycles. The molecule has 0 aliphatic carbocycles. The van der Waals surface area contributed by atoms with Crippen molar-refractivity contribution < 1.29 is 14.1 Å². The Morgan fingerprint density at radius 2 is 2.10 bits per heavy atom. The lowest BCUT2D eigenvalue weighted by molar-refractivity contribution is -0.120. The first-order valence-electron chi connectivity index (χ1n) is 10.7. The molecule has 0 bridgehead atoms. The van der Waals surface area contributed by atoms with Gasteiger partial charge < -0.3 is 19.9 Å². The zero-order valence-corrected chi connectivity index (χ0v) is 18.5. The Kier molecular flexibility index (Phi) is 8.54. The quantitative estimate of drug-likeness (QED) is 0.417. The van der Waals surface area contributed by atoms with Crippen molar-refractivity contribution in [2.24, 2.45) is 10.9 Å². The highest BCUT2D eigenvalue weighted by Crippen LogP contribution is 2.31. The molecular formula is C23H31N3O3S. The summed E-state index contributed by atoms with van der Waals surface area (Å²) in [5, 5.41) is 6.42. The third kappa shape index (κ3) is 5.97. The van der Waals surface area contributed by atoms with E-state index in [2.05, 4.69) is 29.5 Å². The van der Waals surface area contributed by atoms with Crippen molar-refractivity contribution in [3.05, 3.63) is 53.6 Å². The topological polar surface area (TPSA) is 85.8 Å². The molecule has 6 nitrogen and oxygen atoms in total. The van der Waals surface area contributed by atoms with Crippen molar-refractivity contribution >= 4 is 23.3 Å². The Labute approximate surface area is 182 Å². The van der Waals surface area contributed by atoms with E-state index in [1.54, 1.807) is 6.20 Å². The predicted molar refractivity (Wildman–Crippen MR) is 120 cm³/mol. The van der Waals surface area contributed by atoms with Crippen molar-refractivity contribution in [2.75, 3.05) is 13.1 Å². The van der Waals surface area contributed by atoms with E-state index in [0.29, 0.717) is 12.3 Å². The molecule has 0 radical (unpaired) electrons. The van der Waals surface area contributed by atoms with Crippen LogP contribution in [0.4, 0.5) is 0 Å². The number of rotatable bonds is 11. The Hall–Kier alpha value is -2.09. The number of nitrogens with one attached hydrogen (secondary N) is 2.